The summed E-state index contributed by atoms with van der Waals surface area (Å²) < 4.78 is 37.6. The zero-order valence-electron chi connectivity index (χ0n) is 14.4. The van der Waals surface area contributed by atoms with Gasteiger partial charge in [0, 0.05) is 7.05 Å². The quantitative estimate of drug-likeness (QED) is 0.609. The molecule has 2 aromatic heterocycles. The Bertz CT molecular complexity index is 1040. The summed E-state index contributed by atoms with van der Waals surface area (Å²) in [5, 5.41) is 8.14. The number of thiophene rings is 1. The summed E-state index contributed by atoms with van der Waals surface area (Å²) in [5.74, 6) is 0.333. The van der Waals surface area contributed by atoms with E-state index in [9.17, 15) is 13.2 Å². The van der Waals surface area contributed by atoms with Crippen molar-refractivity contribution in [1.29, 1.82) is 0 Å². The molecule has 11 heteroatoms. The molecule has 2 heterocycles. The Morgan fingerprint density at radius 2 is 2.15 bits per heavy atom. The molecule has 0 unspecified atom stereocenters. The van der Waals surface area contributed by atoms with Crippen molar-refractivity contribution in [2.45, 2.75) is 11.4 Å². The largest absolute Gasteiger partial charge is 0.496 e. The Kier molecular flexibility index (Phi) is 5.54. The summed E-state index contributed by atoms with van der Waals surface area (Å²) in [5.41, 5.74) is 0.112. The molecule has 0 atom stereocenters. The number of methoxy groups -OCH3 is 1. The number of benzene rings is 1. The van der Waals surface area contributed by atoms with E-state index in [1.54, 1.807) is 0 Å². The number of aromatic nitrogens is 2. The molecule has 2 N–H and O–H groups in total. The first kappa shape index (κ1) is 19.0. The van der Waals surface area contributed by atoms with Crippen molar-refractivity contribution in [3.8, 4) is 16.5 Å². The van der Waals surface area contributed by atoms with Gasteiger partial charge in [0.2, 0.25) is 21.7 Å². The van der Waals surface area contributed by atoms with Crippen LogP contribution < -0.4 is 14.8 Å². The molecular weight excluding hydrogens is 392 g/mol. The van der Waals surface area contributed by atoms with E-state index in [1.807, 2.05) is 17.5 Å². The molecule has 1 aromatic carbocycles. The number of hydrogen-bond acceptors (Lipinski definition) is 8. The van der Waals surface area contributed by atoms with Crippen molar-refractivity contribution >= 4 is 27.3 Å². The minimum absolute atomic E-state index is 0.0834. The Morgan fingerprint density at radius 3 is 2.81 bits per heavy atom. The van der Waals surface area contributed by atoms with Crippen LogP contribution in [0.5, 0.6) is 5.75 Å². The summed E-state index contributed by atoms with van der Waals surface area (Å²) in [6.07, 6.45) is 0. The average Bonchev–Trinajstić information content (AvgIpc) is 3.36. The van der Waals surface area contributed by atoms with E-state index in [4.69, 9.17) is 9.26 Å². The summed E-state index contributed by atoms with van der Waals surface area (Å²) >= 11 is 1.45. The number of sulfonamides is 1. The molecule has 0 aliphatic heterocycles. The van der Waals surface area contributed by atoms with E-state index < -0.39 is 15.9 Å². The number of nitrogens with one attached hydrogen (secondary N) is 2. The van der Waals surface area contributed by atoms with Gasteiger partial charge in [0.15, 0.2) is 0 Å². The maximum Gasteiger partial charge on any atom is 0.254 e. The van der Waals surface area contributed by atoms with Crippen molar-refractivity contribution in [2.24, 2.45) is 0 Å². The van der Waals surface area contributed by atoms with Crippen LogP contribution in [0.15, 0.2) is 45.1 Å². The van der Waals surface area contributed by atoms with Gasteiger partial charge < -0.3 is 14.6 Å². The van der Waals surface area contributed by atoms with Gasteiger partial charge in [-0.2, -0.15) is 4.98 Å². The first-order valence-electron chi connectivity index (χ1n) is 7.71. The van der Waals surface area contributed by atoms with Crippen LogP contribution in [-0.2, 0) is 16.6 Å². The van der Waals surface area contributed by atoms with Crippen molar-refractivity contribution < 1.29 is 22.5 Å². The number of nitrogens with zero attached hydrogens (tertiary/aromatic N) is 2. The fourth-order valence-electron chi connectivity index (χ4n) is 2.24. The minimum atomic E-state index is -3.90. The fraction of sp³-hybridized carbons (Fsp3) is 0.188. The highest BCUT2D eigenvalue weighted by Crippen LogP contribution is 2.23. The number of carbonyl (C=O) groups is 1. The Labute approximate surface area is 159 Å². The topological polar surface area (TPSA) is 123 Å². The van der Waals surface area contributed by atoms with Gasteiger partial charge in [-0.25, -0.2) is 13.1 Å². The van der Waals surface area contributed by atoms with Crippen LogP contribution >= 0.6 is 11.3 Å². The van der Waals surface area contributed by atoms with Gasteiger partial charge in [-0.05, 0) is 29.6 Å². The highest BCUT2D eigenvalue weighted by molar-refractivity contribution is 7.89. The Balaban J connectivity index is 1.78. The summed E-state index contributed by atoms with van der Waals surface area (Å²) in [6.45, 7) is -0.179. The molecule has 0 aliphatic rings. The molecule has 27 heavy (non-hydrogen) atoms. The van der Waals surface area contributed by atoms with E-state index in [1.165, 1.54) is 43.7 Å². The normalized spacial score (nSPS) is 11.3. The first-order valence-corrected chi connectivity index (χ1v) is 10.1. The standard InChI is InChI=1S/C16H16N4O5S2/c1-17-16(21)11-8-10(5-6-12(11)24-2)27(22,23)18-9-14-19-15(20-25-14)13-4-3-7-26-13/h3-8,18H,9H2,1-2H3,(H,17,21). The van der Waals surface area contributed by atoms with Crippen LogP contribution in [0.1, 0.15) is 16.2 Å². The highest BCUT2D eigenvalue weighted by atomic mass is 32.2. The molecule has 0 aliphatic carbocycles. The van der Waals surface area contributed by atoms with Gasteiger partial charge in [-0.3, -0.25) is 4.79 Å². The number of carbonyl (C=O) groups excluding carboxylic acids is 1. The predicted molar refractivity (Wildman–Crippen MR) is 98.0 cm³/mol. The lowest BCUT2D eigenvalue weighted by Crippen LogP contribution is -2.24. The van der Waals surface area contributed by atoms with E-state index in [0.29, 0.717) is 5.82 Å². The van der Waals surface area contributed by atoms with E-state index in [-0.39, 0.29) is 28.6 Å². The van der Waals surface area contributed by atoms with Crippen LogP contribution in [0.2, 0.25) is 0 Å². The smallest absolute Gasteiger partial charge is 0.254 e. The molecule has 0 saturated carbocycles. The molecule has 3 rings (SSSR count). The van der Waals surface area contributed by atoms with Gasteiger partial charge >= 0.3 is 0 Å². The molecule has 3 aromatic rings. The van der Waals surface area contributed by atoms with Gasteiger partial charge in [0.1, 0.15) is 5.75 Å². The van der Waals surface area contributed by atoms with Crippen LogP contribution in [-0.4, -0.2) is 38.6 Å². The van der Waals surface area contributed by atoms with E-state index in [2.05, 4.69) is 20.2 Å². The van der Waals surface area contributed by atoms with Crippen molar-refractivity contribution in [3.63, 3.8) is 0 Å². The van der Waals surface area contributed by atoms with E-state index >= 15 is 0 Å². The third-order valence-corrected chi connectivity index (χ3v) is 5.84. The highest BCUT2D eigenvalue weighted by Gasteiger charge is 2.20. The SMILES string of the molecule is CNC(=O)c1cc(S(=O)(=O)NCc2nc(-c3cccs3)no2)ccc1OC. The maximum atomic E-state index is 12.5. The van der Waals surface area contributed by atoms with Crippen molar-refractivity contribution in [3.05, 3.63) is 47.2 Å². The van der Waals surface area contributed by atoms with Gasteiger partial charge in [-0.15, -0.1) is 11.3 Å². The summed E-state index contributed by atoms with van der Waals surface area (Å²) in [6, 6.07) is 7.69. The molecule has 9 nitrogen and oxygen atoms in total. The zero-order chi connectivity index (χ0) is 19.4. The number of ether oxygens (including phenoxy) is 1. The van der Waals surface area contributed by atoms with Gasteiger partial charge in [0.25, 0.3) is 5.91 Å². The third-order valence-electron chi connectivity index (χ3n) is 3.58. The van der Waals surface area contributed by atoms with Crippen LogP contribution in [0.3, 0.4) is 0 Å². The minimum Gasteiger partial charge on any atom is -0.496 e. The Morgan fingerprint density at radius 1 is 1.33 bits per heavy atom. The van der Waals surface area contributed by atoms with Crippen molar-refractivity contribution in [1.82, 2.24) is 20.2 Å². The second-order valence-corrected chi connectivity index (χ2v) is 7.97. The average molecular weight is 408 g/mol. The van der Waals surface area contributed by atoms with Gasteiger partial charge in [-0.1, -0.05) is 11.2 Å². The molecule has 0 spiro atoms. The van der Waals surface area contributed by atoms with Crippen LogP contribution in [0.4, 0.5) is 0 Å². The monoisotopic (exact) mass is 408 g/mol. The zero-order valence-corrected chi connectivity index (χ0v) is 16.1. The lowest BCUT2D eigenvalue weighted by atomic mass is 10.2. The number of amides is 1. The van der Waals surface area contributed by atoms with Gasteiger partial charge in [0.05, 0.1) is 29.0 Å². The molecule has 0 fully saturated rings. The predicted octanol–water partition coefficient (Wildman–Crippen LogP) is 1.64. The number of hydrogen-bond donors (Lipinski definition) is 2. The van der Waals surface area contributed by atoms with Crippen molar-refractivity contribution in [2.75, 3.05) is 14.2 Å². The fourth-order valence-corrected chi connectivity index (χ4v) is 3.89. The lowest BCUT2D eigenvalue weighted by molar-refractivity contribution is 0.0960. The summed E-state index contributed by atoms with van der Waals surface area (Å²) in [4.78, 5) is 16.8. The number of rotatable bonds is 7. The lowest BCUT2D eigenvalue weighted by Gasteiger charge is -2.10. The van der Waals surface area contributed by atoms with Crippen LogP contribution in [0.25, 0.3) is 10.7 Å². The summed E-state index contributed by atoms with van der Waals surface area (Å²) in [7, 11) is -1.06. The molecule has 0 radical (unpaired) electrons. The second-order valence-electron chi connectivity index (χ2n) is 5.25. The molecule has 0 bridgehead atoms. The first-order chi connectivity index (χ1) is 12.9. The third kappa shape index (κ3) is 4.15. The molecule has 1 amide bonds. The molecular formula is C16H16N4O5S2. The van der Waals surface area contributed by atoms with E-state index in [0.717, 1.165) is 4.88 Å². The molecule has 142 valence electrons. The Hall–Kier alpha value is -2.76. The second kappa shape index (κ2) is 7.86. The van der Waals surface area contributed by atoms with Crippen LogP contribution in [0, 0.1) is 0 Å². The maximum absolute atomic E-state index is 12.5. The molecule has 0 saturated heterocycles.